The molecule has 5 heteroatoms. The third kappa shape index (κ3) is 1.53. The van der Waals surface area contributed by atoms with Crippen LogP contribution in [-0.4, -0.2) is 26.8 Å². The highest BCUT2D eigenvalue weighted by Crippen LogP contribution is 2.59. The van der Waals surface area contributed by atoms with Crippen molar-refractivity contribution >= 4 is 0 Å². The van der Waals surface area contributed by atoms with Crippen LogP contribution in [0.25, 0.3) is 0 Å². The predicted octanol–water partition coefficient (Wildman–Crippen LogP) is 1.10. The zero-order valence-corrected chi connectivity index (χ0v) is 10.8. The van der Waals surface area contributed by atoms with Crippen LogP contribution in [0.4, 0.5) is 0 Å². The number of aromatic nitrogens is 4. The summed E-state index contributed by atoms with van der Waals surface area (Å²) >= 11 is 0. The molecule has 4 saturated carbocycles. The zero-order valence-electron chi connectivity index (χ0n) is 10.8. The fourth-order valence-electron chi connectivity index (χ4n) is 5.05. The summed E-state index contributed by atoms with van der Waals surface area (Å²) in [5, 5.41) is 13.1. The first kappa shape index (κ1) is 10.9. The highest BCUT2D eigenvalue weighted by Gasteiger charge is 2.53. The van der Waals surface area contributed by atoms with Crippen LogP contribution >= 0.6 is 0 Å². The molecule has 2 N–H and O–H groups in total. The van der Waals surface area contributed by atoms with Crippen molar-refractivity contribution in [2.75, 3.05) is 6.54 Å². The van der Waals surface area contributed by atoms with Crippen molar-refractivity contribution in [1.82, 2.24) is 20.2 Å². The van der Waals surface area contributed by atoms with Gasteiger partial charge >= 0.3 is 0 Å². The zero-order chi connectivity index (χ0) is 12.2. The first-order valence-corrected chi connectivity index (χ1v) is 7.26. The van der Waals surface area contributed by atoms with Crippen LogP contribution in [0.5, 0.6) is 0 Å². The molecule has 4 bridgehead atoms. The number of hydrogen-bond acceptors (Lipinski definition) is 4. The van der Waals surface area contributed by atoms with Crippen molar-refractivity contribution < 1.29 is 0 Å². The van der Waals surface area contributed by atoms with Crippen molar-refractivity contribution in [2.24, 2.45) is 23.5 Å². The van der Waals surface area contributed by atoms with E-state index in [0.717, 1.165) is 23.6 Å². The number of hydrogen-bond donors (Lipinski definition) is 1. The molecule has 1 heterocycles. The Labute approximate surface area is 107 Å². The Morgan fingerprint density at radius 1 is 1.11 bits per heavy atom. The molecule has 0 radical (unpaired) electrons. The predicted molar refractivity (Wildman–Crippen MR) is 66.7 cm³/mol. The van der Waals surface area contributed by atoms with Crippen LogP contribution in [0.1, 0.15) is 44.3 Å². The largest absolute Gasteiger partial charge is 0.329 e. The van der Waals surface area contributed by atoms with E-state index in [2.05, 4.69) is 15.4 Å². The maximum atomic E-state index is 5.55. The third-order valence-corrected chi connectivity index (χ3v) is 5.29. The molecule has 4 aliphatic rings. The molecule has 1 aromatic heterocycles. The van der Waals surface area contributed by atoms with Crippen molar-refractivity contribution in [1.29, 1.82) is 0 Å². The molecule has 5 rings (SSSR count). The molecule has 0 aromatic carbocycles. The maximum absolute atomic E-state index is 5.55. The summed E-state index contributed by atoms with van der Waals surface area (Å²) in [6, 6.07) is 0. The van der Waals surface area contributed by atoms with Crippen LogP contribution in [0, 0.1) is 17.8 Å². The second-order valence-corrected chi connectivity index (χ2v) is 6.70. The minimum absolute atomic E-state index is 0.265. The van der Waals surface area contributed by atoms with Gasteiger partial charge in [-0.15, -0.1) is 10.2 Å². The summed E-state index contributed by atoms with van der Waals surface area (Å²) in [5.41, 5.74) is 5.81. The van der Waals surface area contributed by atoms with E-state index in [9.17, 15) is 0 Å². The van der Waals surface area contributed by atoms with Gasteiger partial charge in [-0.1, -0.05) is 0 Å². The average Bonchev–Trinajstić information content (AvgIpc) is 2.77. The van der Waals surface area contributed by atoms with Crippen molar-refractivity contribution in [2.45, 2.75) is 50.5 Å². The lowest BCUT2D eigenvalue weighted by Gasteiger charge is -2.55. The molecule has 0 spiro atoms. The smallest absolute Gasteiger partial charge is 0.180 e. The molecule has 98 valence electrons. The molecular weight excluding hydrogens is 226 g/mol. The summed E-state index contributed by atoms with van der Waals surface area (Å²) in [6.07, 6.45) is 8.26. The van der Waals surface area contributed by atoms with Crippen LogP contribution in [0.3, 0.4) is 0 Å². The Morgan fingerprint density at radius 3 is 2.28 bits per heavy atom. The number of tetrazole rings is 1. The van der Waals surface area contributed by atoms with Crippen LogP contribution in [0.2, 0.25) is 0 Å². The second kappa shape index (κ2) is 3.76. The van der Waals surface area contributed by atoms with E-state index in [0.29, 0.717) is 13.1 Å². The molecule has 0 unspecified atom stereocenters. The Bertz CT molecular complexity index is 417. The van der Waals surface area contributed by atoms with E-state index in [-0.39, 0.29) is 5.41 Å². The van der Waals surface area contributed by atoms with Crippen molar-refractivity contribution in [3.8, 4) is 0 Å². The summed E-state index contributed by atoms with van der Waals surface area (Å²) in [5.74, 6) is 3.79. The molecule has 1 aromatic rings. The van der Waals surface area contributed by atoms with Gasteiger partial charge in [-0.25, -0.2) is 0 Å². The molecule has 0 atom stereocenters. The standard InChI is InChI=1S/C13H21N5/c14-1-2-18-16-12(15-17-18)13-6-9-3-10(7-13)5-11(4-9)8-13/h9-11H,1-8,14H2. The Balaban J connectivity index is 1.66. The maximum Gasteiger partial charge on any atom is 0.180 e. The normalized spacial score (nSPS) is 41.5. The van der Waals surface area contributed by atoms with Gasteiger partial charge in [0, 0.05) is 12.0 Å². The van der Waals surface area contributed by atoms with Gasteiger partial charge in [0.25, 0.3) is 0 Å². The number of nitrogens with zero attached hydrogens (tertiary/aromatic N) is 4. The Morgan fingerprint density at radius 2 is 1.72 bits per heavy atom. The first-order valence-electron chi connectivity index (χ1n) is 7.26. The lowest BCUT2D eigenvalue weighted by atomic mass is 9.49. The van der Waals surface area contributed by atoms with Gasteiger partial charge in [-0.3, -0.25) is 0 Å². The summed E-state index contributed by atoms with van der Waals surface area (Å²) in [7, 11) is 0. The van der Waals surface area contributed by atoms with E-state index in [1.54, 1.807) is 4.80 Å². The minimum atomic E-state index is 0.265. The molecule has 4 aliphatic carbocycles. The SMILES string of the molecule is NCCn1nnc(C23CC4CC(CC(C4)C2)C3)n1. The first-order chi connectivity index (χ1) is 8.77. The van der Waals surface area contributed by atoms with E-state index in [1.165, 1.54) is 38.5 Å². The molecule has 5 nitrogen and oxygen atoms in total. The van der Waals surface area contributed by atoms with E-state index < -0.39 is 0 Å². The molecule has 0 amide bonds. The summed E-state index contributed by atoms with van der Waals surface area (Å²) < 4.78 is 0. The lowest BCUT2D eigenvalue weighted by molar-refractivity contribution is -0.00953. The van der Waals surface area contributed by atoms with Gasteiger partial charge < -0.3 is 5.73 Å². The van der Waals surface area contributed by atoms with E-state index in [4.69, 9.17) is 5.73 Å². The molecular formula is C13H21N5. The molecule has 4 fully saturated rings. The molecule has 0 aliphatic heterocycles. The summed E-state index contributed by atoms with van der Waals surface area (Å²) in [4.78, 5) is 1.67. The Hall–Kier alpha value is -0.970. The van der Waals surface area contributed by atoms with Crippen molar-refractivity contribution in [3.63, 3.8) is 0 Å². The fraction of sp³-hybridized carbons (Fsp3) is 0.923. The molecule has 18 heavy (non-hydrogen) atoms. The monoisotopic (exact) mass is 247 g/mol. The van der Waals surface area contributed by atoms with E-state index >= 15 is 0 Å². The summed E-state index contributed by atoms with van der Waals surface area (Å²) in [6.45, 7) is 1.26. The van der Waals surface area contributed by atoms with Gasteiger partial charge in [-0.2, -0.15) is 4.80 Å². The fourth-order valence-corrected chi connectivity index (χ4v) is 5.05. The number of rotatable bonds is 3. The van der Waals surface area contributed by atoms with Gasteiger partial charge in [0.05, 0.1) is 6.54 Å². The van der Waals surface area contributed by atoms with Crippen LogP contribution in [-0.2, 0) is 12.0 Å². The highest BCUT2D eigenvalue weighted by atomic mass is 15.6. The quantitative estimate of drug-likeness (QED) is 0.868. The van der Waals surface area contributed by atoms with Crippen LogP contribution < -0.4 is 5.73 Å². The van der Waals surface area contributed by atoms with Gasteiger partial charge in [0.1, 0.15) is 0 Å². The minimum Gasteiger partial charge on any atom is -0.329 e. The van der Waals surface area contributed by atoms with Crippen LogP contribution in [0.15, 0.2) is 0 Å². The number of nitrogens with two attached hydrogens (primary N) is 1. The van der Waals surface area contributed by atoms with E-state index in [1.807, 2.05) is 0 Å². The Kier molecular flexibility index (Phi) is 2.28. The van der Waals surface area contributed by atoms with Crippen molar-refractivity contribution in [3.05, 3.63) is 5.82 Å². The molecule has 0 saturated heterocycles. The third-order valence-electron chi connectivity index (χ3n) is 5.29. The van der Waals surface area contributed by atoms with Gasteiger partial charge in [0.15, 0.2) is 5.82 Å². The lowest BCUT2D eigenvalue weighted by Crippen LogP contribution is -2.49. The topological polar surface area (TPSA) is 69.6 Å². The van der Waals surface area contributed by atoms with Gasteiger partial charge in [0.2, 0.25) is 0 Å². The second-order valence-electron chi connectivity index (χ2n) is 6.70. The van der Waals surface area contributed by atoms with Gasteiger partial charge in [-0.05, 0) is 61.5 Å². The average molecular weight is 247 g/mol. The highest BCUT2D eigenvalue weighted by molar-refractivity contribution is 5.15.